The van der Waals surface area contributed by atoms with Crippen LogP contribution >= 0.6 is 8.69 Å². The summed E-state index contributed by atoms with van der Waals surface area (Å²) < 4.78 is 26.1. The van der Waals surface area contributed by atoms with E-state index < -0.39 is 21.1 Å². The molecule has 10 heavy (non-hydrogen) atoms. The van der Waals surface area contributed by atoms with Crippen molar-refractivity contribution < 1.29 is 18.6 Å². The molecular formula is C5H11FO3P+. The standard InChI is InChI=1S/C5H11FO3P/c1-3(2)4(7)5(6)9-10-8/h3-5,7,10H,1-2H3/q+1. The fraction of sp³-hybridized carbons (Fsp3) is 1.00. The zero-order valence-electron chi connectivity index (χ0n) is 5.87. The first-order chi connectivity index (χ1) is 4.59. The zero-order valence-corrected chi connectivity index (χ0v) is 6.87. The smallest absolute Gasteiger partial charge is 0.387 e. The highest BCUT2D eigenvalue weighted by Crippen LogP contribution is 2.14. The molecule has 0 aromatic heterocycles. The Morgan fingerprint density at radius 2 is 2.10 bits per heavy atom. The monoisotopic (exact) mass is 169 g/mol. The second-order valence-corrected chi connectivity index (χ2v) is 2.69. The number of halogens is 1. The summed E-state index contributed by atoms with van der Waals surface area (Å²) in [5, 5.41) is 8.89. The highest BCUT2D eigenvalue weighted by molar-refractivity contribution is 7.17. The second kappa shape index (κ2) is 4.72. The van der Waals surface area contributed by atoms with Gasteiger partial charge in [-0.05, 0) is 10.5 Å². The van der Waals surface area contributed by atoms with Gasteiger partial charge in [-0.2, -0.15) is 0 Å². The van der Waals surface area contributed by atoms with Crippen LogP contribution in [0.4, 0.5) is 4.39 Å². The average molecular weight is 169 g/mol. The molecule has 0 fully saturated rings. The molecule has 0 bridgehead atoms. The van der Waals surface area contributed by atoms with Crippen molar-refractivity contribution in [2.24, 2.45) is 5.92 Å². The number of rotatable bonds is 4. The summed E-state index contributed by atoms with van der Waals surface area (Å²) in [6.45, 7) is 3.29. The van der Waals surface area contributed by atoms with Gasteiger partial charge < -0.3 is 5.11 Å². The molecule has 3 atom stereocenters. The van der Waals surface area contributed by atoms with Crippen molar-refractivity contribution in [3.63, 3.8) is 0 Å². The maximum atomic E-state index is 12.4. The van der Waals surface area contributed by atoms with E-state index in [4.69, 9.17) is 5.11 Å². The van der Waals surface area contributed by atoms with Crippen LogP contribution in [0.15, 0.2) is 0 Å². The number of alkyl halides is 1. The molecule has 5 heteroatoms. The molecule has 0 rings (SSSR count). The van der Waals surface area contributed by atoms with Gasteiger partial charge in [0.25, 0.3) is 6.36 Å². The van der Waals surface area contributed by atoms with Crippen molar-refractivity contribution in [1.29, 1.82) is 0 Å². The predicted octanol–water partition coefficient (Wildman–Crippen LogP) is 1.25. The van der Waals surface area contributed by atoms with Crippen molar-refractivity contribution >= 4 is 8.69 Å². The van der Waals surface area contributed by atoms with Crippen molar-refractivity contribution in [3.8, 4) is 0 Å². The normalized spacial score (nSPS) is 17.7. The van der Waals surface area contributed by atoms with Gasteiger partial charge in [-0.3, -0.25) is 0 Å². The predicted molar refractivity (Wildman–Crippen MR) is 35.8 cm³/mol. The molecule has 0 aliphatic rings. The van der Waals surface area contributed by atoms with E-state index in [-0.39, 0.29) is 5.92 Å². The Morgan fingerprint density at radius 1 is 1.60 bits per heavy atom. The van der Waals surface area contributed by atoms with E-state index in [9.17, 15) is 8.96 Å². The maximum Gasteiger partial charge on any atom is 0.497 e. The quantitative estimate of drug-likeness (QED) is 0.644. The van der Waals surface area contributed by atoms with Gasteiger partial charge in [0.15, 0.2) is 0 Å². The zero-order chi connectivity index (χ0) is 8.15. The molecule has 3 nitrogen and oxygen atoms in total. The maximum absolute atomic E-state index is 12.4. The summed E-state index contributed by atoms with van der Waals surface area (Å²) in [6, 6.07) is 0. The lowest BCUT2D eigenvalue weighted by Crippen LogP contribution is -2.27. The van der Waals surface area contributed by atoms with E-state index in [0.29, 0.717) is 0 Å². The van der Waals surface area contributed by atoms with Crippen LogP contribution in [-0.4, -0.2) is 17.6 Å². The molecular weight excluding hydrogens is 158 g/mol. The topological polar surface area (TPSA) is 46.5 Å². The second-order valence-electron chi connectivity index (χ2n) is 2.29. The van der Waals surface area contributed by atoms with Gasteiger partial charge in [0.2, 0.25) is 0 Å². The fourth-order valence-electron chi connectivity index (χ4n) is 0.418. The van der Waals surface area contributed by atoms with Crippen LogP contribution in [0, 0.1) is 5.92 Å². The first-order valence-corrected chi connectivity index (χ1v) is 3.76. The van der Waals surface area contributed by atoms with Crippen molar-refractivity contribution in [3.05, 3.63) is 0 Å². The van der Waals surface area contributed by atoms with Gasteiger partial charge in [-0.25, -0.2) is 4.39 Å². The molecule has 0 aromatic carbocycles. The van der Waals surface area contributed by atoms with Gasteiger partial charge in [-0.1, -0.05) is 13.8 Å². The highest BCUT2D eigenvalue weighted by Gasteiger charge is 2.25. The minimum atomic E-state index is -1.84. The Hall–Kier alpha value is -0.0500. The summed E-state index contributed by atoms with van der Waals surface area (Å²) in [6.07, 6.45) is -3.03. The van der Waals surface area contributed by atoms with Crippen LogP contribution in [0.2, 0.25) is 0 Å². The summed E-state index contributed by atoms with van der Waals surface area (Å²) >= 11 is 0. The molecule has 0 aliphatic heterocycles. The molecule has 0 aliphatic carbocycles. The number of hydrogen-bond acceptors (Lipinski definition) is 3. The third-order valence-electron chi connectivity index (χ3n) is 1.11. The molecule has 0 radical (unpaired) electrons. The van der Waals surface area contributed by atoms with Gasteiger partial charge in [0, 0.05) is 0 Å². The van der Waals surface area contributed by atoms with Crippen LogP contribution in [-0.2, 0) is 9.09 Å². The molecule has 0 spiro atoms. The van der Waals surface area contributed by atoms with Crippen LogP contribution in [0.25, 0.3) is 0 Å². The van der Waals surface area contributed by atoms with Crippen molar-refractivity contribution in [2.45, 2.75) is 26.3 Å². The van der Waals surface area contributed by atoms with Gasteiger partial charge >= 0.3 is 8.69 Å². The molecule has 0 aromatic rings. The average Bonchev–Trinajstić information content (AvgIpc) is 1.87. The van der Waals surface area contributed by atoms with Crippen LogP contribution in [0.3, 0.4) is 0 Å². The highest BCUT2D eigenvalue weighted by atomic mass is 31.1. The Kier molecular flexibility index (Phi) is 4.69. The largest absolute Gasteiger partial charge is 0.497 e. The van der Waals surface area contributed by atoms with E-state index in [2.05, 4.69) is 4.52 Å². The van der Waals surface area contributed by atoms with Crippen LogP contribution in [0.1, 0.15) is 13.8 Å². The SMILES string of the molecule is CC(C)C(O)C(F)O[PH+]=O. The molecule has 0 heterocycles. The molecule has 0 saturated heterocycles. The van der Waals surface area contributed by atoms with E-state index in [1.807, 2.05) is 0 Å². The van der Waals surface area contributed by atoms with Crippen LogP contribution < -0.4 is 0 Å². The molecule has 60 valence electrons. The van der Waals surface area contributed by atoms with E-state index in [1.54, 1.807) is 13.8 Å². The molecule has 0 saturated carbocycles. The Labute approximate surface area is 60.5 Å². The fourth-order valence-corrected chi connectivity index (χ4v) is 0.650. The summed E-state index contributed by atoms with van der Waals surface area (Å²) in [5.41, 5.74) is 0. The van der Waals surface area contributed by atoms with Gasteiger partial charge in [0.05, 0.1) is 0 Å². The molecule has 1 N–H and O–H groups in total. The number of aliphatic hydroxyl groups is 1. The minimum Gasteiger partial charge on any atom is -0.387 e. The van der Waals surface area contributed by atoms with E-state index in [1.165, 1.54) is 0 Å². The van der Waals surface area contributed by atoms with E-state index >= 15 is 0 Å². The summed E-state index contributed by atoms with van der Waals surface area (Å²) in [5.74, 6) is -0.230. The number of aliphatic hydroxyl groups excluding tert-OH is 1. The number of hydrogen-bond donors (Lipinski definition) is 1. The lowest BCUT2D eigenvalue weighted by Gasteiger charge is -2.13. The lowest BCUT2D eigenvalue weighted by atomic mass is 10.1. The van der Waals surface area contributed by atoms with Crippen LogP contribution in [0.5, 0.6) is 0 Å². The van der Waals surface area contributed by atoms with Crippen molar-refractivity contribution in [2.75, 3.05) is 0 Å². The van der Waals surface area contributed by atoms with Crippen molar-refractivity contribution in [1.82, 2.24) is 0 Å². The van der Waals surface area contributed by atoms with E-state index in [0.717, 1.165) is 0 Å². The Morgan fingerprint density at radius 3 is 2.40 bits per heavy atom. The first kappa shape index (κ1) is 9.95. The first-order valence-electron chi connectivity index (χ1n) is 2.94. The third kappa shape index (κ3) is 3.20. The van der Waals surface area contributed by atoms with Gasteiger partial charge in [0.1, 0.15) is 6.10 Å². The molecule has 0 amide bonds. The Bertz CT molecular complexity index is 109. The minimum absolute atomic E-state index is 0.230. The van der Waals surface area contributed by atoms with Gasteiger partial charge in [-0.15, -0.1) is 4.52 Å². The Balaban J connectivity index is 3.68. The summed E-state index contributed by atoms with van der Waals surface area (Å²) in [4.78, 5) is 0. The summed E-state index contributed by atoms with van der Waals surface area (Å²) in [7, 11) is -1.16. The lowest BCUT2D eigenvalue weighted by molar-refractivity contribution is -0.0608. The molecule has 3 unspecified atom stereocenters. The third-order valence-corrected chi connectivity index (χ3v) is 1.43.